The van der Waals surface area contributed by atoms with E-state index >= 15 is 0 Å². The molecular formula is C9H17ClN2O4S2. The number of thioether (sulfide) groups is 2. The highest BCUT2D eigenvalue weighted by Gasteiger charge is 2.18. The van der Waals surface area contributed by atoms with Crippen molar-refractivity contribution in [2.45, 2.75) is 11.0 Å². The van der Waals surface area contributed by atoms with Gasteiger partial charge in [-0.3, -0.25) is 4.79 Å². The van der Waals surface area contributed by atoms with Crippen molar-refractivity contribution < 1.29 is 19.9 Å². The summed E-state index contributed by atoms with van der Waals surface area (Å²) in [7, 11) is 1.15. The van der Waals surface area contributed by atoms with Crippen LogP contribution in [0, 0.1) is 0 Å². The van der Waals surface area contributed by atoms with Gasteiger partial charge < -0.3 is 10.3 Å². The lowest BCUT2D eigenvalue weighted by atomic mass is 10.5. The maximum Gasteiger partial charge on any atom is 0.413 e. The summed E-state index contributed by atoms with van der Waals surface area (Å²) in [6, 6.07) is 0. The standard InChI is InChI=1S/C5H11NOS2.C4H6ClNO3/c1-5(8-2,9-3)4-6-7;1-6(4(8)9)3(7)2-5/h4,7H,1-3H3;2H2,1H3,(H,8,9)/b6-4-;. The molecule has 0 atom stereocenters. The number of carboxylic acid groups (broad SMARTS) is 1. The van der Waals surface area contributed by atoms with Crippen LogP contribution in [0.15, 0.2) is 5.16 Å². The highest BCUT2D eigenvalue weighted by atomic mass is 35.5. The van der Waals surface area contributed by atoms with Crippen LogP contribution >= 0.6 is 35.1 Å². The molecule has 0 aliphatic rings. The Morgan fingerprint density at radius 1 is 1.44 bits per heavy atom. The van der Waals surface area contributed by atoms with Crippen LogP contribution in [-0.4, -0.2) is 62.9 Å². The Labute approximate surface area is 120 Å². The zero-order valence-corrected chi connectivity index (χ0v) is 13.0. The molecule has 0 aromatic heterocycles. The molecule has 2 amide bonds. The van der Waals surface area contributed by atoms with E-state index in [1.165, 1.54) is 6.21 Å². The minimum absolute atomic E-state index is 0.0747. The fraction of sp³-hybridized carbons (Fsp3) is 0.667. The molecule has 0 heterocycles. The number of imide groups is 1. The highest BCUT2D eigenvalue weighted by Crippen LogP contribution is 2.30. The van der Waals surface area contributed by atoms with Crippen molar-refractivity contribution in [1.29, 1.82) is 0 Å². The van der Waals surface area contributed by atoms with E-state index in [4.69, 9.17) is 21.9 Å². The third-order valence-corrected chi connectivity index (χ3v) is 4.94. The van der Waals surface area contributed by atoms with Gasteiger partial charge in [0.05, 0.1) is 10.3 Å². The van der Waals surface area contributed by atoms with Crippen molar-refractivity contribution in [3.63, 3.8) is 0 Å². The molecular weight excluding hydrogens is 300 g/mol. The van der Waals surface area contributed by atoms with Crippen LogP contribution in [0.5, 0.6) is 0 Å². The summed E-state index contributed by atoms with van der Waals surface area (Å²) in [5.74, 6) is -0.924. The summed E-state index contributed by atoms with van der Waals surface area (Å²) < 4.78 is -0.0747. The molecule has 0 aliphatic carbocycles. The van der Waals surface area contributed by atoms with Crippen molar-refractivity contribution in [2.75, 3.05) is 25.4 Å². The third kappa shape index (κ3) is 8.48. The van der Waals surface area contributed by atoms with Crippen LogP contribution in [0.2, 0.25) is 0 Å². The van der Waals surface area contributed by atoms with Gasteiger partial charge in [0.15, 0.2) is 0 Å². The zero-order valence-electron chi connectivity index (χ0n) is 10.6. The molecule has 0 saturated carbocycles. The van der Waals surface area contributed by atoms with Crippen LogP contribution < -0.4 is 0 Å². The summed E-state index contributed by atoms with van der Waals surface area (Å²) in [5.41, 5.74) is 0. The van der Waals surface area contributed by atoms with Crippen LogP contribution in [0.3, 0.4) is 0 Å². The van der Waals surface area contributed by atoms with Gasteiger partial charge in [-0.1, -0.05) is 5.16 Å². The number of oxime groups is 1. The lowest BCUT2D eigenvalue weighted by Gasteiger charge is -2.17. The smallest absolute Gasteiger partial charge is 0.413 e. The van der Waals surface area contributed by atoms with Crippen LogP contribution in [0.1, 0.15) is 6.92 Å². The minimum Gasteiger partial charge on any atom is -0.465 e. The van der Waals surface area contributed by atoms with Crippen molar-refractivity contribution in [2.24, 2.45) is 5.16 Å². The van der Waals surface area contributed by atoms with Crippen molar-refractivity contribution >= 4 is 53.3 Å². The van der Waals surface area contributed by atoms with E-state index in [1.807, 2.05) is 19.4 Å². The Bertz CT molecular complexity index is 298. The van der Waals surface area contributed by atoms with Gasteiger partial charge >= 0.3 is 6.09 Å². The third-order valence-electron chi connectivity index (χ3n) is 1.88. The molecule has 0 radical (unpaired) electrons. The van der Waals surface area contributed by atoms with Gasteiger partial charge in [0, 0.05) is 7.05 Å². The van der Waals surface area contributed by atoms with Crippen molar-refractivity contribution in [3.05, 3.63) is 0 Å². The maximum atomic E-state index is 10.4. The lowest BCUT2D eigenvalue weighted by molar-refractivity contribution is -0.125. The second kappa shape index (κ2) is 10.3. The Kier molecular flexibility index (Phi) is 11.3. The predicted molar refractivity (Wildman–Crippen MR) is 77.2 cm³/mol. The molecule has 0 aromatic rings. The lowest BCUT2D eigenvalue weighted by Crippen LogP contribution is -2.32. The molecule has 0 aromatic carbocycles. The average molecular weight is 317 g/mol. The number of hydrogen-bond acceptors (Lipinski definition) is 6. The molecule has 0 bridgehead atoms. The quantitative estimate of drug-likeness (QED) is 0.272. The van der Waals surface area contributed by atoms with E-state index in [2.05, 4.69) is 5.16 Å². The van der Waals surface area contributed by atoms with E-state index in [1.54, 1.807) is 23.5 Å². The summed E-state index contributed by atoms with van der Waals surface area (Å²) in [4.78, 5) is 20.8. The molecule has 18 heavy (non-hydrogen) atoms. The van der Waals surface area contributed by atoms with Gasteiger partial charge in [0.1, 0.15) is 5.88 Å². The monoisotopic (exact) mass is 316 g/mol. The Balaban J connectivity index is 0. The summed E-state index contributed by atoms with van der Waals surface area (Å²) in [6.45, 7) is 2.00. The van der Waals surface area contributed by atoms with E-state index in [0.717, 1.165) is 7.05 Å². The van der Waals surface area contributed by atoms with E-state index in [-0.39, 0.29) is 9.96 Å². The number of amides is 2. The first-order valence-corrected chi connectivity index (χ1v) is 7.60. The van der Waals surface area contributed by atoms with Gasteiger partial charge in [0.25, 0.3) is 0 Å². The van der Waals surface area contributed by atoms with Crippen LogP contribution in [-0.2, 0) is 4.79 Å². The SMILES string of the molecule is CN(C(=O)O)C(=O)CCl.CSC(C)(/C=N\O)SC. The second-order valence-electron chi connectivity index (χ2n) is 3.04. The number of carbonyl (C=O) groups excluding carboxylic acids is 1. The Hall–Kier alpha value is -0.600. The number of alkyl halides is 1. The van der Waals surface area contributed by atoms with Crippen LogP contribution in [0.25, 0.3) is 0 Å². The Morgan fingerprint density at radius 2 is 1.89 bits per heavy atom. The largest absolute Gasteiger partial charge is 0.465 e. The molecule has 0 unspecified atom stereocenters. The predicted octanol–water partition coefficient (Wildman–Crippen LogP) is 2.25. The number of hydrogen-bond donors (Lipinski definition) is 2. The molecule has 0 aliphatic heterocycles. The topological polar surface area (TPSA) is 90.2 Å². The van der Waals surface area contributed by atoms with E-state index in [0.29, 0.717) is 4.90 Å². The van der Waals surface area contributed by atoms with Crippen LogP contribution in [0.4, 0.5) is 4.79 Å². The summed E-state index contributed by atoms with van der Waals surface area (Å²) in [6.07, 6.45) is 4.21. The number of nitrogens with zero attached hydrogens (tertiary/aromatic N) is 2. The minimum atomic E-state index is -1.29. The van der Waals surface area contributed by atoms with E-state index < -0.39 is 12.0 Å². The number of halogens is 1. The van der Waals surface area contributed by atoms with Crippen molar-refractivity contribution in [1.82, 2.24) is 4.90 Å². The highest BCUT2D eigenvalue weighted by molar-refractivity contribution is 8.18. The molecule has 6 nitrogen and oxygen atoms in total. The van der Waals surface area contributed by atoms with Gasteiger partial charge in [-0.05, 0) is 19.4 Å². The molecule has 0 rings (SSSR count). The van der Waals surface area contributed by atoms with Gasteiger partial charge in [-0.2, -0.15) is 0 Å². The Morgan fingerprint density at radius 3 is 2.00 bits per heavy atom. The molecule has 9 heteroatoms. The first-order valence-electron chi connectivity index (χ1n) is 4.62. The number of carbonyl (C=O) groups is 2. The molecule has 0 fully saturated rings. The van der Waals surface area contributed by atoms with Gasteiger partial charge in [-0.15, -0.1) is 35.1 Å². The normalized spacial score (nSPS) is 10.7. The molecule has 0 spiro atoms. The average Bonchev–Trinajstić information content (AvgIpc) is 2.37. The summed E-state index contributed by atoms with van der Waals surface area (Å²) in [5, 5.41) is 19.3. The summed E-state index contributed by atoms with van der Waals surface area (Å²) >= 11 is 8.34. The molecule has 106 valence electrons. The zero-order chi connectivity index (χ0) is 14.8. The second-order valence-corrected chi connectivity index (χ2v) is 6.08. The van der Waals surface area contributed by atoms with Gasteiger partial charge in [0.2, 0.25) is 5.91 Å². The molecule has 2 N–H and O–H groups in total. The molecule has 0 saturated heterocycles. The van der Waals surface area contributed by atoms with Gasteiger partial charge in [-0.25, -0.2) is 9.69 Å². The maximum absolute atomic E-state index is 10.4. The van der Waals surface area contributed by atoms with E-state index in [9.17, 15) is 9.59 Å². The fourth-order valence-corrected chi connectivity index (χ4v) is 1.64. The first kappa shape index (κ1) is 19.7. The first-order chi connectivity index (χ1) is 8.27. The fourth-order valence-electron chi connectivity index (χ4n) is 0.490. The van der Waals surface area contributed by atoms with Crippen molar-refractivity contribution in [3.8, 4) is 0 Å². The number of rotatable bonds is 4.